The molecule has 2 saturated heterocycles. The molecule has 1 aromatic rings. The van der Waals surface area contributed by atoms with E-state index in [1.807, 2.05) is 0 Å². The van der Waals surface area contributed by atoms with E-state index in [0.29, 0.717) is 18.7 Å². The Balaban J connectivity index is 1.95. The molecular formula is C15H17NO4S. The van der Waals surface area contributed by atoms with Gasteiger partial charge in [0.1, 0.15) is 6.61 Å². The Labute approximate surface area is 124 Å². The van der Waals surface area contributed by atoms with E-state index < -0.39 is 10.0 Å². The van der Waals surface area contributed by atoms with Crippen LogP contribution in [0.4, 0.5) is 0 Å². The first kappa shape index (κ1) is 14.5. The predicted octanol–water partition coefficient (Wildman–Crippen LogP) is 0.582. The molecule has 2 bridgehead atoms. The van der Waals surface area contributed by atoms with Crippen molar-refractivity contribution in [2.75, 3.05) is 19.7 Å². The third-order valence-electron chi connectivity index (χ3n) is 3.82. The Morgan fingerprint density at radius 3 is 2.57 bits per heavy atom. The average molecular weight is 307 g/mol. The van der Waals surface area contributed by atoms with Crippen LogP contribution in [0.2, 0.25) is 0 Å². The molecule has 1 aromatic carbocycles. The average Bonchev–Trinajstić information content (AvgIpc) is 2.83. The molecule has 0 aliphatic carbocycles. The molecule has 2 aliphatic rings. The van der Waals surface area contributed by atoms with Crippen LogP contribution < -0.4 is 0 Å². The highest BCUT2D eigenvalue weighted by atomic mass is 32.2. The van der Waals surface area contributed by atoms with Crippen molar-refractivity contribution in [2.45, 2.75) is 29.9 Å². The maximum atomic E-state index is 12.8. The van der Waals surface area contributed by atoms with Gasteiger partial charge in [-0.25, -0.2) is 8.42 Å². The number of rotatable bonds is 2. The van der Waals surface area contributed by atoms with Crippen LogP contribution in [0.25, 0.3) is 0 Å². The van der Waals surface area contributed by atoms with Gasteiger partial charge in [0.25, 0.3) is 0 Å². The van der Waals surface area contributed by atoms with Crippen LogP contribution in [-0.4, -0.2) is 49.7 Å². The lowest BCUT2D eigenvalue weighted by Gasteiger charge is -2.31. The maximum Gasteiger partial charge on any atom is 0.244 e. The first-order valence-electron chi connectivity index (χ1n) is 6.95. The van der Waals surface area contributed by atoms with E-state index in [1.54, 1.807) is 24.3 Å². The van der Waals surface area contributed by atoms with Gasteiger partial charge in [-0.3, -0.25) is 0 Å². The molecule has 0 spiro atoms. The number of sulfonamides is 1. The molecule has 21 heavy (non-hydrogen) atoms. The Hall–Kier alpha value is -1.39. The number of aliphatic hydroxyl groups is 1. The SMILES string of the molecule is O=S(=O)(c1ccccc1C#CCO)N1CC2CCC(C1)O2. The minimum absolute atomic E-state index is 0.00853. The molecule has 1 N–H and O–H groups in total. The van der Waals surface area contributed by atoms with Crippen molar-refractivity contribution in [1.29, 1.82) is 0 Å². The van der Waals surface area contributed by atoms with E-state index in [9.17, 15) is 8.42 Å². The minimum atomic E-state index is -3.58. The van der Waals surface area contributed by atoms with Crippen LogP contribution in [0.15, 0.2) is 29.2 Å². The van der Waals surface area contributed by atoms with Gasteiger partial charge in [-0.2, -0.15) is 4.31 Å². The molecule has 6 heteroatoms. The van der Waals surface area contributed by atoms with Gasteiger partial charge in [-0.1, -0.05) is 24.0 Å². The molecule has 3 rings (SSSR count). The van der Waals surface area contributed by atoms with E-state index in [1.165, 1.54) is 4.31 Å². The van der Waals surface area contributed by atoms with Crippen molar-refractivity contribution in [3.8, 4) is 11.8 Å². The second-order valence-corrected chi connectivity index (χ2v) is 7.14. The number of aliphatic hydroxyl groups excluding tert-OH is 1. The van der Waals surface area contributed by atoms with Crippen LogP contribution in [-0.2, 0) is 14.8 Å². The van der Waals surface area contributed by atoms with E-state index in [2.05, 4.69) is 11.8 Å². The second kappa shape index (κ2) is 5.78. The van der Waals surface area contributed by atoms with Crippen LogP contribution >= 0.6 is 0 Å². The van der Waals surface area contributed by atoms with Gasteiger partial charge in [0.05, 0.1) is 17.1 Å². The predicted molar refractivity (Wildman–Crippen MR) is 77.1 cm³/mol. The fourth-order valence-corrected chi connectivity index (χ4v) is 4.49. The number of morpholine rings is 1. The van der Waals surface area contributed by atoms with Gasteiger partial charge in [0, 0.05) is 18.7 Å². The Bertz CT molecular complexity index is 677. The van der Waals surface area contributed by atoms with Gasteiger partial charge in [-0.05, 0) is 25.0 Å². The lowest BCUT2D eigenvalue weighted by atomic mass is 10.2. The van der Waals surface area contributed by atoms with Crippen LogP contribution in [0.3, 0.4) is 0 Å². The summed E-state index contributed by atoms with van der Waals surface area (Å²) in [4.78, 5) is 0.201. The molecule has 2 aliphatic heterocycles. The van der Waals surface area contributed by atoms with Crippen molar-refractivity contribution in [3.05, 3.63) is 29.8 Å². The molecule has 2 unspecified atom stereocenters. The topological polar surface area (TPSA) is 66.8 Å². The van der Waals surface area contributed by atoms with Crippen molar-refractivity contribution in [2.24, 2.45) is 0 Å². The Kier molecular flexibility index (Phi) is 4.00. The van der Waals surface area contributed by atoms with Gasteiger partial charge in [-0.15, -0.1) is 0 Å². The van der Waals surface area contributed by atoms with Crippen LogP contribution in [0.1, 0.15) is 18.4 Å². The summed E-state index contributed by atoms with van der Waals surface area (Å²) in [6, 6.07) is 6.65. The molecule has 0 radical (unpaired) electrons. The van der Waals surface area contributed by atoms with E-state index in [0.717, 1.165) is 12.8 Å². The number of fused-ring (bicyclic) bond motifs is 2. The van der Waals surface area contributed by atoms with Crippen molar-refractivity contribution in [1.82, 2.24) is 4.31 Å². The standard InChI is InChI=1S/C15H17NO4S/c17-9-3-5-12-4-1-2-6-15(12)21(18,19)16-10-13-7-8-14(11-16)20-13/h1-2,4,6,13-14,17H,7-11H2. The summed E-state index contributed by atoms with van der Waals surface area (Å²) in [5, 5.41) is 8.80. The first-order chi connectivity index (χ1) is 10.1. The molecule has 0 aromatic heterocycles. The Morgan fingerprint density at radius 1 is 1.24 bits per heavy atom. The highest BCUT2D eigenvalue weighted by Crippen LogP contribution is 2.30. The molecule has 0 saturated carbocycles. The summed E-state index contributed by atoms with van der Waals surface area (Å²) >= 11 is 0. The molecule has 0 amide bonds. The summed E-state index contributed by atoms with van der Waals surface area (Å²) in [5.41, 5.74) is 0.422. The zero-order chi connectivity index (χ0) is 14.9. The summed E-state index contributed by atoms with van der Waals surface area (Å²) in [7, 11) is -3.58. The molecule has 112 valence electrons. The fraction of sp³-hybridized carbons (Fsp3) is 0.467. The van der Waals surface area contributed by atoms with Gasteiger partial charge < -0.3 is 9.84 Å². The maximum absolute atomic E-state index is 12.8. The van der Waals surface area contributed by atoms with Crippen molar-refractivity contribution < 1.29 is 18.3 Å². The highest BCUT2D eigenvalue weighted by molar-refractivity contribution is 7.89. The number of ether oxygens (including phenoxy) is 1. The molecule has 2 heterocycles. The van der Waals surface area contributed by atoms with Gasteiger partial charge in [0.15, 0.2) is 0 Å². The largest absolute Gasteiger partial charge is 0.384 e. The van der Waals surface area contributed by atoms with E-state index >= 15 is 0 Å². The summed E-state index contributed by atoms with van der Waals surface area (Å²) in [5.74, 6) is 5.22. The molecule has 2 atom stereocenters. The van der Waals surface area contributed by atoms with E-state index in [4.69, 9.17) is 9.84 Å². The van der Waals surface area contributed by atoms with Gasteiger partial charge in [0.2, 0.25) is 10.0 Å². The van der Waals surface area contributed by atoms with Crippen molar-refractivity contribution in [3.63, 3.8) is 0 Å². The molecule has 5 nitrogen and oxygen atoms in total. The third kappa shape index (κ3) is 2.83. The summed E-state index contributed by atoms with van der Waals surface area (Å²) < 4.78 is 32.8. The smallest absolute Gasteiger partial charge is 0.244 e. The van der Waals surface area contributed by atoms with Crippen LogP contribution in [0.5, 0.6) is 0 Å². The zero-order valence-corrected chi connectivity index (χ0v) is 12.3. The normalized spacial score (nSPS) is 25.4. The minimum Gasteiger partial charge on any atom is -0.384 e. The second-order valence-electron chi connectivity index (χ2n) is 5.24. The number of nitrogens with zero attached hydrogens (tertiary/aromatic N) is 1. The molecule has 2 fully saturated rings. The number of hydrogen-bond acceptors (Lipinski definition) is 4. The summed E-state index contributed by atoms with van der Waals surface area (Å²) in [6.45, 7) is 0.511. The number of benzene rings is 1. The number of hydrogen-bond donors (Lipinski definition) is 1. The van der Waals surface area contributed by atoms with Crippen LogP contribution in [0, 0.1) is 11.8 Å². The van der Waals surface area contributed by atoms with Crippen molar-refractivity contribution >= 4 is 10.0 Å². The Morgan fingerprint density at radius 2 is 1.90 bits per heavy atom. The zero-order valence-electron chi connectivity index (χ0n) is 11.5. The van der Waals surface area contributed by atoms with E-state index in [-0.39, 0.29) is 23.7 Å². The first-order valence-corrected chi connectivity index (χ1v) is 8.39. The van der Waals surface area contributed by atoms with Gasteiger partial charge >= 0.3 is 0 Å². The monoisotopic (exact) mass is 307 g/mol. The summed E-state index contributed by atoms with van der Waals surface area (Å²) in [6.07, 6.45) is 1.86. The third-order valence-corrected chi connectivity index (χ3v) is 5.71. The lowest BCUT2D eigenvalue weighted by molar-refractivity contribution is -0.0114. The molecular weight excluding hydrogens is 290 g/mol. The highest BCUT2D eigenvalue weighted by Gasteiger charge is 2.39. The quantitative estimate of drug-likeness (QED) is 0.812. The fourth-order valence-electron chi connectivity index (χ4n) is 2.84. The lowest BCUT2D eigenvalue weighted by Crippen LogP contribution is -2.45.